The second kappa shape index (κ2) is 6.23. The molecule has 0 heterocycles. The molecule has 0 unspecified atom stereocenters. The molecule has 2 nitrogen and oxygen atoms in total. The number of nitrogens with one attached hydrogen (secondary N) is 1. The number of rotatable bonds is 5. The van der Waals surface area contributed by atoms with E-state index in [-0.39, 0.29) is 5.82 Å². The molecule has 0 aliphatic rings. The summed E-state index contributed by atoms with van der Waals surface area (Å²) in [6.45, 7) is 3.59. The average Bonchev–Trinajstić information content (AvgIpc) is 2.41. The van der Waals surface area contributed by atoms with Crippen LogP contribution in [-0.4, -0.2) is 20.1 Å². The maximum atomic E-state index is 13.4. The van der Waals surface area contributed by atoms with Gasteiger partial charge in [-0.15, -0.1) is 0 Å². The number of para-hydroxylation sites is 1. The predicted molar refractivity (Wildman–Crippen MR) is 79.3 cm³/mol. The number of hydrogen-bond donors (Lipinski definition) is 1. The average molecular weight is 258 g/mol. The van der Waals surface area contributed by atoms with Crippen molar-refractivity contribution >= 4 is 11.4 Å². The third kappa shape index (κ3) is 3.71. The van der Waals surface area contributed by atoms with Gasteiger partial charge < -0.3 is 10.2 Å². The van der Waals surface area contributed by atoms with Crippen molar-refractivity contribution in [1.82, 2.24) is 0 Å². The Morgan fingerprint density at radius 3 is 2.42 bits per heavy atom. The van der Waals surface area contributed by atoms with Crippen molar-refractivity contribution in [3.63, 3.8) is 0 Å². The van der Waals surface area contributed by atoms with Crippen LogP contribution in [0.4, 0.5) is 15.8 Å². The van der Waals surface area contributed by atoms with Crippen molar-refractivity contribution in [1.29, 1.82) is 0 Å². The van der Waals surface area contributed by atoms with Gasteiger partial charge in [0.25, 0.3) is 0 Å². The van der Waals surface area contributed by atoms with E-state index >= 15 is 0 Å². The molecule has 0 amide bonds. The number of nitrogens with zero attached hydrogens (tertiary/aromatic N) is 1. The van der Waals surface area contributed by atoms with Gasteiger partial charge in [-0.3, -0.25) is 0 Å². The molecule has 0 saturated carbocycles. The molecule has 1 N–H and O–H groups in total. The van der Waals surface area contributed by atoms with Gasteiger partial charge >= 0.3 is 0 Å². The second-order valence-electron chi connectivity index (χ2n) is 4.66. The summed E-state index contributed by atoms with van der Waals surface area (Å²) >= 11 is 0. The van der Waals surface area contributed by atoms with Crippen LogP contribution in [0.15, 0.2) is 48.5 Å². The van der Waals surface area contributed by atoms with Crippen LogP contribution in [-0.2, 0) is 0 Å². The quantitative estimate of drug-likeness (QED) is 0.880. The molecule has 0 fully saturated rings. The lowest BCUT2D eigenvalue weighted by Gasteiger charge is -2.20. The first-order chi connectivity index (χ1) is 9.16. The maximum absolute atomic E-state index is 13.4. The molecular weight excluding hydrogens is 239 g/mol. The standard InChI is InChI=1S/C16H19FN2/c1-13-7-9-14(10-8-13)19(2)12-11-18-16-6-4-3-5-15(16)17/h3-10,18H,11-12H2,1-2H3. The minimum Gasteiger partial charge on any atom is -0.381 e. The zero-order valence-electron chi connectivity index (χ0n) is 11.4. The Labute approximate surface area is 113 Å². The fraction of sp³-hybridized carbons (Fsp3) is 0.250. The lowest BCUT2D eigenvalue weighted by atomic mass is 10.2. The molecule has 0 aliphatic carbocycles. The van der Waals surface area contributed by atoms with Crippen LogP contribution in [0, 0.1) is 12.7 Å². The summed E-state index contributed by atoms with van der Waals surface area (Å²) in [5.74, 6) is -0.208. The Hall–Kier alpha value is -2.03. The van der Waals surface area contributed by atoms with Crippen LogP contribution in [0.2, 0.25) is 0 Å². The first-order valence-corrected chi connectivity index (χ1v) is 6.43. The van der Waals surface area contributed by atoms with E-state index in [4.69, 9.17) is 0 Å². The van der Waals surface area contributed by atoms with Crippen molar-refractivity contribution in [2.45, 2.75) is 6.92 Å². The van der Waals surface area contributed by atoms with E-state index in [1.54, 1.807) is 12.1 Å². The summed E-state index contributed by atoms with van der Waals surface area (Å²) < 4.78 is 13.4. The molecule has 0 aliphatic heterocycles. The largest absolute Gasteiger partial charge is 0.381 e. The molecular formula is C16H19FN2. The summed E-state index contributed by atoms with van der Waals surface area (Å²) in [6, 6.07) is 15.1. The molecule has 0 spiro atoms. The number of halogens is 1. The van der Waals surface area contributed by atoms with Crippen LogP contribution in [0.25, 0.3) is 0 Å². The molecule has 0 saturated heterocycles. The summed E-state index contributed by atoms with van der Waals surface area (Å²) in [6.07, 6.45) is 0. The molecule has 2 rings (SSSR count). The molecule has 19 heavy (non-hydrogen) atoms. The summed E-state index contributed by atoms with van der Waals surface area (Å²) in [4.78, 5) is 2.15. The Kier molecular flexibility index (Phi) is 4.39. The predicted octanol–water partition coefficient (Wildman–Crippen LogP) is 3.68. The molecule has 2 aromatic carbocycles. The fourth-order valence-electron chi connectivity index (χ4n) is 1.89. The van der Waals surface area contributed by atoms with Crippen LogP contribution < -0.4 is 10.2 Å². The van der Waals surface area contributed by atoms with Gasteiger partial charge in [0.1, 0.15) is 5.82 Å². The first-order valence-electron chi connectivity index (χ1n) is 6.43. The lowest BCUT2D eigenvalue weighted by molar-refractivity contribution is 0.630. The smallest absolute Gasteiger partial charge is 0.146 e. The van der Waals surface area contributed by atoms with Gasteiger partial charge in [0.05, 0.1) is 5.69 Å². The van der Waals surface area contributed by atoms with Crippen LogP contribution in [0.3, 0.4) is 0 Å². The Balaban J connectivity index is 1.86. The molecule has 3 heteroatoms. The number of likely N-dealkylation sites (N-methyl/N-ethyl adjacent to an activating group) is 1. The number of benzene rings is 2. The van der Waals surface area contributed by atoms with Crippen molar-refractivity contribution in [3.05, 3.63) is 59.9 Å². The van der Waals surface area contributed by atoms with Gasteiger partial charge in [-0.05, 0) is 31.2 Å². The number of anilines is 2. The molecule has 0 atom stereocenters. The summed E-state index contributed by atoms with van der Waals surface area (Å²) in [5, 5.41) is 3.11. The molecule has 2 aromatic rings. The number of hydrogen-bond acceptors (Lipinski definition) is 2. The van der Waals surface area contributed by atoms with Gasteiger partial charge in [-0.1, -0.05) is 29.8 Å². The van der Waals surface area contributed by atoms with Gasteiger partial charge in [0, 0.05) is 25.8 Å². The highest BCUT2D eigenvalue weighted by Crippen LogP contribution is 2.14. The Morgan fingerprint density at radius 1 is 1.05 bits per heavy atom. The highest BCUT2D eigenvalue weighted by molar-refractivity contribution is 5.48. The lowest BCUT2D eigenvalue weighted by Crippen LogP contribution is -2.24. The Morgan fingerprint density at radius 2 is 1.74 bits per heavy atom. The minimum absolute atomic E-state index is 0.208. The molecule has 0 aromatic heterocycles. The van der Waals surface area contributed by atoms with Crippen LogP contribution >= 0.6 is 0 Å². The van der Waals surface area contributed by atoms with Gasteiger partial charge in [0.2, 0.25) is 0 Å². The van der Waals surface area contributed by atoms with Crippen LogP contribution in [0.1, 0.15) is 5.56 Å². The van der Waals surface area contributed by atoms with E-state index in [1.165, 1.54) is 17.3 Å². The van der Waals surface area contributed by atoms with Crippen LogP contribution in [0.5, 0.6) is 0 Å². The van der Waals surface area contributed by atoms with E-state index in [1.807, 2.05) is 13.1 Å². The van der Waals surface area contributed by atoms with Crippen molar-refractivity contribution in [2.24, 2.45) is 0 Å². The van der Waals surface area contributed by atoms with E-state index in [0.717, 1.165) is 6.54 Å². The molecule has 100 valence electrons. The second-order valence-corrected chi connectivity index (χ2v) is 4.66. The number of aryl methyl sites for hydroxylation is 1. The summed E-state index contributed by atoms with van der Waals surface area (Å²) in [7, 11) is 2.04. The van der Waals surface area contributed by atoms with E-state index in [0.29, 0.717) is 12.2 Å². The van der Waals surface area contributed by atoms with E-state index in [2.05, 4.69) is 41.4 Å². The zero-order valence-corrected chi connectivity index (χ0v) is 11.4. The molecule has 0 radical (unpaired) electrons. The monoisotopic (exact) mass is 258 g/mol. The van der Waals surface area contributed by atoms with E-state index in [9.17, 15) is 4.39 Å². The summed E-state index contributed by atoms with van der Waals surface area (Å²) in [5.41, 5.74) is 2.97. The fourth-order valence-corrected chi connectivity index (χ4v) is 1.89. The zero-order chi connectivity index (χ0) is 13.7. The maximum Gasteiger partial charge on any atom is 0.146 e. The first kappa shape index (κ1) is 13.4. The SMILES string of the molecule is Cc1ccc(N(C)CCNc2ccccc2F)cc1. The normalized spacial score (nSPS) is 10.3. The van der Waals surface area contributed by atoms with Crippen molar-refractivity contribution in [2.75, 3.05) is 30.4 Å². The van der Waals surface area contributed by atoms with Gasteiger partial charge in [-0.2, -0.15) is 0 Å². The van der Waals surface area contributed by atoms with Crippen molar-refractivity contribution < 1.29 is 4.39 Å². The Bertz CT molecular complexity index is 523. The molecule has 0 bridgehead atoms. The van der Waals surface area contributed by atoms with E-state index < -0.39 is 0 Å². The van der Waals surface area contributed by atoms with Gasteiger partial charge in [-0.25, -0.2) is 4.39 Å². The van der Waals surface area contributed by atoms with Gasteiger partial charge in [0.15, 0.2) is 0 Å². The van der Waals surface area contributed by atoms with Crippen molar-refractivity contribution in [3.8, 4) is 0 Å². The third-order valence-corrected chi connectivity index (χ3v) is 3.11. The highest BCUT2D eigenvalue weighted by atomic mass is 19.1. The minimum atomic E-state index is -0.208. The third-order valence-electron chi connectivity index (χ3n) is 3.11. The highest BCUT2D eigenvalue weighted by Gasteiger charge is 2.02. The topological polar surface area (TPSA) is 15.3 Å².